The van der Waals surface area contributed by atoms with Crippen LogP contribution < -0.4 is 5.46 Å². The minimum Gasteiger partial charge on any atom is -0.258 e. The molecule has 0 spiro atoms. The lowest BCUT2D eigenvalue weighted by molar-refractivity contribution is -0.383. The number of nitrogens with zero attached hydrogens (tertiary/aromatic N) is 1. The fourth-order valence-corrected chi connectivity index (χ4v) is 1.19. The summed E-state index contributed by atoms with van der Waals surface area (Å²) in [5, 5.41) is 10.5. The molecule has 0 aliphatic rings. The van der Waals surface area contributed by atoms with Gasteiger partial charge in [0.05, 0.1) is 4.92 Å². The summed E-state index contributed by atoms with van der Waals surface area (Å²) >= 11 is 0. The van der Waals surface area contributed by atoms with E-state index in [1.165, 1.54) is 0 Å². The lowest BCUT2D eigenvalue weighted by atomic mass is 9.92. The monoisotopic (exact) mass is 175 g/mol. The van der Waals surface area contributed by atoms with Gasteiger partial charge in [0.25, 0.3) is 5.69 Å². The van der Waals surface area contributed by atoms with Crippen LogP contribution in [-0.4, -0.2) is 12.8 Å². The van der Waals surface area contributed by atoms with Crippen LogP contribution in [0, 0.1) is 10.1 Å². The molecular weight excluding hydrogens is 165 g/mol. The van der Waals surface area contributed by atoms with Crippen LogP contribution in [0.4, 0.5) is 5.69 Å². The molecule has 0 bridgehead atoms. The predicted molar refractivity (Wildman–Crippen MR) is 52.5 cm³/mol. The van der Waals surface area contributed by atoms with Crippen molar-refractivity contribution in [2.24, 2.45) is 0 Å². The van der Waals surface area contributed by atoms with E-state index in [9.17, 15) is 10.1 Å². The summed E-state index contributed by atoms with van der Waals surface area (Å²) in [5.41, 5.74) is 1.19. The number of hydrogen-bond donors (Lipinski definition) is 0. The molecule has 0 aliphatic carbocycles. The highest BCUT2D eigenvalue weighted by atomic mass is 16.6. The summed E-state index contributed by atoms with van der Waals surface area (Å²) < 4.78 is 0. The molecular formula is C9H10BNO2. The Labute approximate surface area is 78.3 Å². The molecule has 0 saturated heterocycles. The largest absolute Gasteiger partial charge is 0.262 e. The second-order valence-electron chi connectivity index (χ2n) is 2.90. The van der Waals surface area contributed by atoms with Gasteiger partial charge in [-0.25, -0.2) is 0 Å². The van der Waals surface area contributed by atoms with Crippen molar-refractivity contribution in [1.82, 2.24) is 0 Å². The van der Waals surface area contributed by atoms with Gasteiger partial charge in [-0.1, -0.05) is 25.5 Å². The molecule has 0 saturated carbocycles. The van der Waals surface area contributed by atoms with Gasteiger partial charge in [-0.2, -0.15) is 0 Å². The first kappa shape index (κ1) is 9.77. The van der Waals surface area contributed by atoms with Crippen LogP contribution >= 0.6 is 0 Å². The van der Waals surface area contributed by atoms with Crippen LogP contribution in [0.2, 0.25) is 0 Å². The minimum absolute atomic E-state index is 0.00551. The van der Waals surface area contributed by atoms with Crippen molar-refractivity contribution >= 4 is 19.0 Å². The molecule has 0 unspecified atom stereocenters. The Morgan fingerprint density at radius 3 is 2.77 bits per heavy atom. The maximum atomic E-state index is 10.5. The molecule has 66 valence electrons. The van der Waals surface area contributed by atoms with E-state index in [2.05, 4.69) is 0 Å². The van der Waals surface area contributed by atoms with Gasteiger partial charge >= 0.3 is 0 Å². The molecule has 0 heterocycles. The van der Waals surface area contributed by atoms with E-state index in [-0.39, 0.29) is 11.2 Å². The van der Waals surface area contributed by atoms with Gasteiger partial charge < -0.3 is 0 Å². The van der Waals surface area contributed by atoms with Crippen molar-refractivity contribution in [2.45, 2.75) is 19.8 Å². The molecule has 0 amide bonds. The summed E-state index contributed by atoms with van der Waals surface area (Å²) in [7, 11) is 5.44. The first-order valence-corrected chi connectivity index (χ1v) is 4.18. The maximum absolute atomic E-state index is 10.5. The number of rotatable bonds is 3. The van der Waals surface area contributed by atoms with E-state index in [0.717, 1.165) is 18.4 Å². The molecule has 1 aromatic rings. The van der Waals surface area contributed by atoms with E-state index in [4.69, 9.17) is 7.85 Å². The Hall–Kier alpha value is -1.32. The van der Waals surface area contributed by atoms with Gasteiger partial charge in [0.15, 0.2) is 0 Å². The number of benzene rings is 1. The number of nitro benzene ring substituents is 1. The van der Waals surface area contributed by atoms with Crippen LogP contribution in [0.5, 0.6) is 0 Å². The second-order valence-corrected chi connectivity index (χ2v) is 2.90. The van der Waals surface area contributed by atoms with E-state index in [0.29, 0.717) is 0 Å². The van der Waals surface area contributed by atoms with Gasteiger partial charge in [-0.3, -0.25) is 10.1 Å². The van der Waals surface area contributed by atoms with Crippen molar-refractivity contribution in [1.29, 1.82) is 0 Å². The molecule has 4 heteroatoms. The lowest BCUT2D eigenvalue weighted by Crippen LogP contribution is -2.09. The van der Waals surface area contributed by atoms with Gasteiger partial charge in [0, 0.05) is 6.07 Å². The lowest BCUT2D eigenvalue weighted by Gasteiger charge is -2.01. The van der Waals surface area contributed by atoms with Crippen LogP contribution in [0.15, 0.2) is 18.2 Å². The van der Waals surface area contributed by atoms with Crippen LogP contribution in [0.3, 0.4) is 0 Å². The van der Waals surface area contributed by atoms with E-state index in [1.807, 2.05) is 13.0 Å². The Morgan fingerprint density at radius 2 is 2.23 bits per heavy atom. The van der Waals surface area contributed by atoms with E-state index in [1.54, 1.807) is 12.1 Å². The molecule has 1 rings (SSSR count). The molecule has 0 fully saturated rings. The number of hydrogen-bond acceptors (Lipinski definition) is 2. The molecule has 0 aliphatic heterocycles. The van der Waals surface area contributed by atoms with Gasteiger partial charge in [-0.15, -0.1) is 0 Å². The summed E-state index contributed by atoms with van der Waals surface area (Å²) in [5.74, 6) is 0. The van der Waals surface area contributed by atoms with Crippen LogP contribution in [-0.2, 0) is 6.42 Å². The Morgan fingerprint density at radius 1 is 1.54 bits per heavy atom. The topological polar surface area (TPSA) is 43.1 Å². The smallest absolute Gasteiger partial charge is 0.258 e. The van der Waals surface area contributed by atoms with Crippen molar-refractivity contribution < 1.29 is 4.92 Å². The van der Waals surface area contributed by atoms with Gasteiger partial charge in [-0.05, 0) is 17.4 Å². The first-order chi connectivity index (χ1) is 6.15. The van der Waals surface area contributed by atoms with Crippen molar-refractivity contribution in [3.63, 3.8) is 0 Å². The third-order valence-corrected chi connectivity index (χ3v) is 1.83. The third kappa shape index (κ3) is 2.31. The zero-order chi connectivity index (χ0) is 9.84. The van der Waals surface area contributed by atoms with E-state index >= 15 is 0 Å². The fourth-order valence-electron chi connectivity index (χ4n) is 1.19. The molecule has 3 nitrogen and oxygen atoms in total. The van der Waals surface area contributed by atoms with Crippen LogP contribution in [0.1, 0.15) is 18.9 Å². The molecule has 13 heavy (non-hydrogen) atoms. The van der Waals surface area contributed by atoms with Gasteiger partial charge in [0.1, 0.15) is 7.85 Å². The summed E-state index contributed by atoms with van der Waals surface area (Å²) in [6.45, 7) is 2.03. The Kier molecular flexibility index (Phi) is 3.06. The SMILES string of the molecule is [B]c1ccc(CCC)cc1[N+](=O)[O-]. The zero-order valence-electron chi connectivity index (χ0n) is 7.49. The quantitative estimate of drug-likeness (QED) is 0.395. The second kappa shape index (κ2) is 4.07. The van der Waals surface area contributed by atoms with Crippen molar-refractivity contribution in [3.05, 3.63) is 33.9 Å². The highest BCUT2D eigenvalue weighted by Gasteiger charge is 2.09. The number of aryl methyl sites for hydroxylation is 1. The molecule has 2 radical (unpaired) electrons. The predicted octanol–water partition coefficient (Wildman–Crippen LogP) is 1.34. The summed E-state index contributed by atoms with van der Waals surface area (Å²) in [6, 6.07) is 4.95. The standard InChI is InChI=1S/C9H10BNO2/c1-2-3-7-4-5-8(10)9(6-7)11(12)13/h4-6H,2-3H2,1H3. The highest BCUT2D eigenvalue weighted by Crippen LogP contribution is 2.11. The average molecular weight is 175 g/mol. The highest BCUT2D eigenvalue weighted by molar-refractivity contribution is 6.35. The molecule has 1 aromatic carbocycles. The summed E-state index contributed by atoms with van der Waals surface area (Å²) in [4.78, 5) is 10.1. The zero-order valence-corrected chi connectivity index (χ0v) is 7.49. The molecule has 0 N–H and O–H groups in total. The third-order valence-electron chi connectivity index (χ3n) is 1.83. The average Bonchev–Trinajstić information content (AvgIpc) is 2.08. The minimum atomic E-state index is -0.450. The first-order valence-electron chi connectivity index (χ1n) is 4.18. The number of nitro groups is 1. The molecule has 0 aromatic heterocycles. The van der Waals surface area contributed by atoms with Crippen molar-refractivity contribution in [2.75, 3.05) is 0 Å². The maximum Gasteiger partial charge on any atom is 0.262 e. The Balaban J connectivity index is 3.04. The van der Waals surface area contributed by atoms with Gasteiger partial charge in [0.2, 0.25) is 0 Å². The normalized spacial score (nSPS) is 9.92. The summed E-state index contributed by atoms with van der Waals surface area (Å²) in [6.07, 6.45) is 1.82. The molecule has 0 atom stereocenters. The van der Waals surface area contributed by atoms with Crippen LogP contribution in [0.25, 0.3) is 0 Å². The fraction of sp³-hybridized carbons (Fsp3) is 0.333. The Bertz CT molecular complexity index is 325. The van der Waals surface area contributed by atoms with Crippen molar-refractivity contribution in [3.8, 4) is 0 Å². The van der Waals surface area contributed by atoms with E-state index < -0.39 is 4.92 Å².